The highest BCUT2D eigenvalue weighted by atomic mass is 16.5. The average Bonchev–Trinajstić information content (AvgIpc) is 2.82. The molecule has 1 aliphatic heterocycles. The first kappa shape index (κ1) is 27.2. The first-order chi connectivity index (χ1) is 15.9. The molecule has 3 atom stereocenters. The third-order valence-electron chi connectivity index (χ3n) is 6.56. The van der Waals surface area contributed by atoms with Crippen molar-refractivity contribution in [3.63, 3.8) is 0 Å². The SMILES string of the molecule is CCCCCC1CCC(C)CCCCC(=O)N(C)C(Oc2ccc(OCCO)cc2)C(=O)C1. The summed E-state index contributed by atoms with van der Waals surface area (Å²) >= 11 is 0. The zero-order valence-corrected chi connectivity index (χ0v) is 20.8. The lowest BCUT2D eigenvalue weighted by Crippen LogP contribution is -2.46. The smallest absolute Gasteiger partial charge is 0.233 e. The number of amides is 1. The maximum absolute atomic E-state index is 13.4. The molecule has 0 aromatic heterocycles. The molecular formula is C27H43NO5. The van der Waals surface area contributed by atoms with Crippen LogP contribution in [0.25, 0.3) is 0 Å². The first-order valence-corrected chi connectivity index (χ1v) is 12.7. The number of benzene rings is 1. The van der Waals surface area contributed by atoms with Gasteiger partial charge in [0, 0.05) is 19.9 Å². The fraction of sp³-hybridized carbons (Fsp3) is 0.704. The van der Waals surface area contributed by atoms with Gasteiger partial charge in [0.1, 0.15) is 18.1 Å². The number of aliphatic hydroxyl groups excluding tert-OH is 1. The minimum Gasteiger partial charge on any atom is -0.491 e. The third kappa shape index (κ3) is 9.75. The van der Waals surface area contributed by atoms with Crippen LogP contribution in [0.5, 0.6) is 11.5 Å². The number of carbonyl (C=O) groups excluding carboxylic acids is 2. The zero-order valence-electron chi connectivity index (χ0n) is 20.8. The number of unbranched alkanes of at least 4 members (excludes halogenated alkanes) is 2. The lowest BCUT2D eigenvalue weighted by atomic mass is 9.87. The minimum absolute atomic E-state index is 0.0279. The van der Waals surface area contributed by atoms with Gasteiger partial charge in [-0.3, -0.25) is 9.59 Å². The molecule has 1 amide bonds. The van der Waals surface area contributed by atoms with E-state index in [-0.39, 0.29) is 24.9 Å². The second-order valence-corrected chi connectivity index (χ2v) is 9.48. The summed E-state index contributed by atoms with van der Waals surface area (Å²) in [5, 5.41) is 8.91. The minimum atomic E-state index is -0.923. The Hall–Kier alpha value is -2.08. The molecule has 1 heterocycles. The van der Waals surface area contributed by atoms with Crippen LogP contribution in [-0.4, -0.2) is 48.2 Å². The van der Waals surface area contributed by atoms with E-state index in [4.69, 9.17) is 14.6 Å². The molecule has 0 saturated carbocycles. The van der Waals surface area contributed by atoms with Crippen LogP contribution >= 0.6 is 0 Å². The molecule has 6 heteroatoms. The fourth-order valence-corrected chi connectivity index (χ4v) is 4.43. The molecule has 0 bridgehead atoms. The zero-order chi connectivity index (χ0) is 24.1. The van der Waals surface area contributed by atoms with Gasteiger partial charge in [-0.05, 0) is 48.9 Å². The fourth-order valence-electron chi connectivity index (χ4n) is 4.43. The van der Waals surface area contributed by atoms with E-state index < -0.39 is 6.23 Å². The molecule has 6 nitrogen and oxygen atoms in total. The summed E-state index contributed by atoms with van der Waals surface area (Å²) in [5.74, 6) is 2.01. The summed E-state index contributed by atoms with van der Waals surface area (Å²) in [6, 6.07) is 6.96. The van der Waals surface area contributed by atoms with Gasteiger partial charge in [-0.1, -0.05) is 58.8 Å². The predicted molar refractivity (Wildman–Crippen MR) is 130 cm³/mol. The molecule has 1 saturated heterocycles. The van der Waals surface area contributed by atoms with E-state index in [2.05, 4.69) is 13.8 Å². The molecule has 1 aromatic carbocycles. The Kier molecular flexibility index (Phi) is 12.3. The summed E-state index contributed by atoms with van der Waals surface area (Å²) in [6.45, 7) is 4.65. The van der Waals surface area contributed by atoms with Crippen molar-refractivity contribution in [2.24, 2.45) is 11.8 Å². The van der Waals surface area contributed by atoms with Crippen LogP contribution in [0.1, 0.15) is 84.5 Å². The van der Waals surface area contributed by atoms with Crippen molar-refractivity contribution in [2.75, 3.05) is 20.3 Å². The third-order valence-corrected chi connectivity index (χ3v) is 6.56. The molecule has 33 heavy (non-hydrogen) atoms. The van der Waals surface area contributed by atoms with Gasteiger partial charge in [0.2, 0.25) is 12.1 Å². The number of Topliss-reactive ketones (excluding diaryl/α,β-unsaturated/α-hetero) is 1. The van der Waals surface area contributed by atoms with E-state index in [1.807, 2.05) is 0 Å². The van der Waals surface area contributed by atoms with Crippen molar-refractivity contribution >= 4 is 11.7 Å². The number of ether oxygens (including phenoxy) is 2. The van der Waals surface area contributed by atoms with Crippen LogP contribution in [0, 0.1) is 11.8 Å². The molecule has 186 valence electrons. The van der Waals surface area contributed by atoms with E-state index in [0.717, 1.165) is 51.4 Å². The van der Waals surface area contributed by atoms with Crippen molar-refractivity contribution < 1.29 is 24.2 Å². The topological polar surface area (TPSA) is 76.1 Å². The Labute approximate surface area is 199 Å². The standard InChI is InChI=1S/C27H43NO5/c1-4-5-6-10-22-13-12-21(2)9-7-8-11-26(31)28(3)27(25(30)20-22)33-24-16-14-23(15-17-24)32-19-18-29/h14-17,21-22,27,29H,4-13,18-20H2,1-3H3. The van der Waals surface area contributed by atoms with Gasteiger partial charge in [0.15, 0.2) is 5.78 Å². The van der Waals surface area contributed by atoms with Crippen molar-refractivity contribution in [2.45, 2.75) is 90.7 Å². The molecule has 3 unspecified atom stereocenters. The lowest BCUT2D eigenvalue weighted by Gasteiger charge is -2.29. The van der Waals surface area contributed by atoms with Gasteiger partial charge in [-0.15, -0.1) is 0 Å². The summed E-state index contributed by atoms with van der Waals surface area (Å²) < 4.78 is 11.5. The van der Waals surface area contributed by atoms with Gasteiger partial charge in [0.05, 0.1) is 6.61 Å². The molecule has 1 aromatic rings. The monoisotopic (exact) mass is 461 g/mol. The van der Waals surface area contributed by atoms with E-state index >= 15 is 0 Å². The normalized spacial score (nSPS) is 23.4. The molecule has 1 N–H and O–H groups in total. The number of hydrogen-bond acceptors (Lipinski definition) is 5. The number of hydrogen-bond donors (Lipinski definition) is 1. The summed E-state index contributed by atoms with van der Waals surface area (Å²) in [4.78, 5) is 27.8. The van der Waals surface area contributed by atoms with Crippen molar-refractivity contribution in [1.29, 1.82) is 0 Å². The first-order valence-electron chi connectivity index (χ1n) is 12.7. The van der Waals surface area contributed by atoms with Crippen LogP contribution in [0.15, 0.2) is 24.3 Å². The van der Waals surface area contributed by atoms with Gasteiger partial charge < -0.3 is 19.5 Å². The van der Waals surface area contributed by atoms with E-state index in [1.54, 1.807) is 31.3 Å². The predicted octanol–water partition coefficient (Wildman–Crippen LogP) is 5.37. The Morgan fingerprint density at radius 2 is 1.76 bits per heavy atom. The summed E-state index contributed by atoms with van der Waals surface area (Å²) in [7, 11) is 1.68. The summed E-state index contributed by atoms with van der Waals surface area (Å²) in [5.41, 5.74) is 0. The van der Waals surface area contributed by atoms with Gasteiger partial charge in [-0.25, -0.2) is 0 Å². The number of ketones is 1. The van der Waals surface area contributed by atoms with Crippen LogP contribution in [0.3, 0.4) is 0 Å². The van der Waals surface area contributed by atoms with E-state index in [1.165, 1.54) is 11.3 Å². The Morgan fingerprint density at radius 1 is 1.03 bits per heavy atom. The second-order valence-electron chi connectivity index (χ2n) is 9.48. The largest absolute Gasteiger partial charge is 0.491 e. The maximum Gasteiger partial charge on any atom is 0.233 e. The quantitative estimate of drug-likeness (QED) is 0.501. The highest BCUT2D eigenvalue weighted by Crippen LogP contribution is 2.27. The van der Waals surface area contributed by atoms with Crippen LogP contribution in [0.2, 0.25) is 0 Å². The number of nitrogens with zero attached hydrogens (tertiary/aromatic N) is 1. The lowest BCUT2D eigenvalue weighted by molar-refractivity contribution is -0.148. The van der Waals surface area contributed by atoms with E-state index in [9.17, 15) is 9.59 Å². The number of carbonyl (C=O) groups is 2. The average molecular weight is 462 g/mol. The number of aliphatic hydroxyl groups is 1. The summed E-state index contributed by atoms with van der Waals surface area (Å²) in [6.07, 6.45) is 9.69. The highest BCUT2D eigenvalue weighted by Gasteiger charge is 2.30. The Morgan fingerprint density at radius 3 is 2.45 bits per heavy atom. The molecule has 1 aliphatic rings. The number of likely N-dealkylation sites (N-methyl/N-ethyl adjacent to an activating group) is 1. The number of rotatable bonds is 9. The van der Waals surface area contributed by atoms with Crippen LogP contribution < -0.4 is 9.47 Å². The van der Waals surface area contributed by atoms with Crippen molar-refractivity contribution in [1.82, 2.24) is 4.90 Å². The van der Waals surface area contributed by atoms with Gasteiger partial charge in [0.25, 0.3) is 0 Å². The molecule has 2 rings (SSSR count). The van der Waals surface area contributed by atoms with Gasteiger partial charge in [-0.2, -0.15) is 0 Å². The molecule has 0 aliphatic carbocycles. The molecule has 1 fully saturated rings. The van der Waals surface area contributed by atoms with Gasteiger partial charge >= 0.3 is 0 Å². The molecule has 0 spiro atoms. The molecular weight excluding hydrogens is 418 g/mol. The highest BCUT2D eigenvalue weighted by molar-refractivity contribution is 5.88. The molecule has 0 radical (unpaired) electrons. The van der Waals surface area contributed by atoms with Crippen molar-refractivity contribution in [3.05, 3.63) is 24.3 Å². The van der Waals surface area contributed by atoms with Crippen LogP contribution in [0.4, 0.5) is 0 Å². The van der Waals surface area contributed by atoms with E-state index in [0.29, 0.717) is 36.2 Å². The van der Waals surface area contributed by atoms with Crippen molar-refractivity contribution in [3.8, 4) is 11.5 Å². The maximum atomic E-state index is 13.4. The Bertz CT molecular complexity index is 705. The van der Waals surface area contributed by atoms with Crippen LogP contribution in [-0.2, 0) is 9.59 Å². The second kappa shape index (κ2) is 14.9. The Balaban J connectivity index is 2.17.